The number of guanidine groups is 1. The van der Waals surface area contributed by atoms with Crippen LogP contribution in [0.15, 0.2) is 53.8 Å². The lowest BCUT2D eigenvalue weighted by Gasteiger charge is -2.26. The smallest absolute Gasteiger partial charge is 0.268 e. The summed E-state index contributed by atoms with van der Waals surface area (Å²) >= 11 is 0. The molecule has 3 heterocycles. The predicted octanol–water partition coefficient (Wildman–Crippen LogP) is 2.49. The number of aryl methyl sites for hydroxylation is 1. The van der Waals surface area contributed by atoms with E-state index >= 15 is 4.39 Å². The third-order valence-electron chi connectivity index (χ3n) is 5.02. The zero-order valence-corrected chi connectivity index (χ0v) is 16.3. The van der Waals surface area contributed by atoms with Crippen LogP contribution in [0.25, 0.3) is 11.1 Å². The van der Waals surface area contributed by atoms with Crippen molar-refractivity contribution < 1.29 is 13.6 Å². The summed E-state index contributed by atoms with van der Waals surface area (Å²) in [4.78, 5) is 31.3. The zero-order valence-electron chi connectivity index (χ0n) is 16.3. The first kappa shape index (κ1) is 19.6. The van der Waals surface area contributed by atoms with Gasteiger partial charge in [0.15, 0.2) is 5.96 Å². The minimum Gasteiger partial charge on any atom is -0.369 e. The molecule has 152 valence electrons. The minimum atomic E-state index is -1.87. The molecule has 0 radical (unpaired) electrons. The molecule has 4 rings (SSSR count). The molecule has 0 spiro atoms. The first-order valence-electron chi connectivity index (χ1n) is 9.11. The molecule has 2 N–H and O–H groups in total. The number of alkyl halides is 1. The van der Waals surface area contributed by atoms with Gasteiger partial charge in [-0.15, -0.1) is 0 Å². The van der Waals surface area contributed by atoms with Gasteiger partial charge in [0.1, 0.15) is 18.3 Å². The van der Waals surface area contributed by atoms with Gasteiger partial charge in [0.05, 0.1) is 11.4 Å². The number of nitrogens with zero attached hydrogens (tertiary/aromatic N) is 5. The Morgan fingerprint density at radius 1 is 1.13 bits per heavy atom. The van der Waals surface area contributed by atoms with Gasteiger partial charge in [0, 0.05) is 30.6 Å². The van der Waals surface area contributed by atoms with E-state index in [1.165, 1.54) is 31.3 Å². The number of pyridine rings is 1. The van der Waals surface area contributed by atoms with Crippen molar-refractivity contribution in [2.45, 2.75) is 19.1 Å². The highest BCUT2D eigenvalue weighted by Gasteiger charge is 2.52. The van der Waals surface area contributed by atoms with E-state index in [1.54, 1.807) is 31.5 Å². The summed E-state index contributed by atoms with van der Waals surface area (Å²) in [6.07, 6.45) is 3.21. The second-order valence-corrected chi connectivity index (χ2v) is 6.91. The number of halogens is 2. The van der Waals surface area contributed by atoms with Crippen LogP contribution in [0.3, 0.4) is 0 Å². The first-order chi connectivity index (χ1) is 14.4. The van der Waals surface area contributed by atoms with Gasteiger partial charge in [-0.25, -0.2) is 23.7 Å². The zero-order chi connectivity index (χ0) is 21.5. The van der Waals surface area contributed by atoms with Crippen LogP contribution in [0.4, 0.5) is 8.78 Å². The molecule has 1 aromatic carbocycles. The molecule has 0 bridgehead atoms. The second-order valence-electron chi connectivity index (χ2n) is 6.91. The first-order valence-corrected chi connectivity index (χ1v) is 9.11. The standard InChI is InChI=1S/C21H18F2N6O/c1-12-25-10-14(11-26-12)13-6-7-17(23)16(8-13)21(19(30)29(2)20(24)28-21)18-5-3-4-15(9-22)27-18/h3-8,10-11H,9H2,1-2H3,(H2,24,28). The Bertz CT molecular complexity index is 1160. The van der Waals surface area contributed by atoms with Crippen molar-refractivity contribution in [1.29, 1.82) is 0 Å². The van der Waals surface area contributed by atoms with Crippen LogP contribution in [0.5, 0.6) is 0 Å². The fraction of sp³-hybridized carbons (Fsp3) is 0.190. The summed E-state index contributed by atoms with van der Waals surface area (Å²) in [6.45, 7) is 0.916. The number of likely N-dealkylation sites (N-methyl/N-ethyl adjacent to an activating group) is 1. The summed E-state index contributed by atoms with van der Waals surface area (Å²) in [5, 5.41) is 0. The number of aliphatic imine (C=N–C) groups is 1. The molecule has 1 aliphatic rings. The van der Waals surface area contributed by atoms with E-state index in [9.17, 15) is 9.18 Å². The van der Waals surface area contributed by atoms with E-state index < -0.39 is 23.9 Å². The minimum absolute atomic E-state index is 0.0404. The molecule has 0 fully saturated rings. The van der Waals surface area contributed by atoms with E-state index in [0.717, 1.165) is 4.90 Å². The van der Waals surface area contributed by atoms with Gasteiger partial charge in [-0.2, -0.15) is 0 Å². The van der Waals surface area contributed by atoms with Gasteiger partial charge in [-0.1, -0.05) is 12.1 Å². The van der Waals surface area contributed by atoms with Crippen LogP contribution in [0, 0.1) is 12.7 Å². The highest BCUT2D eigenvalue weighted by molar-refractivity contribution is 6.08. The van der Waals surface area contributed by atoms with Crippen molar-refractivity contribution in [3.05, 3.63) is 77.4 Å². The normalized spacial score (nSPS) is 18.6. The van der Waals surface area contributed by atoms with E-state index in [0.29, 0.717) is 17.0 Å². The number of hydrogen-bond acceptors (Lipinski definition) is 6. The molecule has 0 saturated heterocycles. The molecular formula is C21H18F2N6O. The lowest BCUT2D eigenvalue weighted by atomic mass is 9.84. The Hall–Kier alpha value is -3.75. The SMILES string of the molecule is Cc1ncc(-c2ccc(F)c(C3(c4cccc(CF)n4)N=C(N)N(C)C3=O)c2)cn1. The van der Waals surface area contributed by atoms with E-state index in [1.807, 2.05) is 0 Å². The molecule has 3 aromatic rings. The van der Waals surface area contributed by atoms with Crippen molar-refractivity contribution in [2.24, 2.45) is 10.7 Å². The number of amides is 1. The van der Waals surface area contributed by atoms with Gasteiger partial charge < -0.3 is 5.73 Å². The Kier molecular flexibility index (Phi) is 4.73. The summed E-state index contributed by atoms with van der Waals surface area (Å²) in [6, 6.07) is 8.83. The molecule has 1 unspecified atom stereocenters. The number of rotatable bonds is 4. The molecule has 7 nitrogen and oxygen atoms in total. The lowest BCUT2D eigenvalue weighted by Crippen LogP contribution is -2.42. The van der Waals surface area contributed by atoms with E-state index in [4.69, 9.17) is 5.73 Å². The Balaban J connectivity index is 1.98. The van der Waals surface area contributed by atoms with Crippen molar-refractivity contribution in [2.75, 3.05) is 7.05 Å². The quantitative estimate of drug-likeness (QED) is 0.715. The summed E-state index contributed by atoms with van der Waals surface area (Å²) in [5.74, 6) is -0.746. The monoisotopic (exact) mass is 408 g/mol. The molecule has 0 saturated carbocycles. The maximum atomic E-state index is 15.1. The molecule has 0 aliphatic carbocycles. The van der Waals surface area contributed by atoms with Gasteiger partial charge in [0.2, 0.25) is 5.54 Å². The third-order valence-corrected chi connectivity index (χ3v) is 5.02. The van der Waals surface area contributed by atoms with Crippen molar-refractivity contribution in [3.63, 3.8) is 0 Å². The number of nitrogens with two attached hydrogens (primary N) is 1. The average molecular weight is 408 g/mol. The fourth-order valence-electron chi connectivity index (χ4n) is 3.40. The van der Waals surface area contributed by atoms with Crippen LogP contribution in [-0.4, -0.2) is 38.8 Å². The Labute approximate surface area is 171 Å². The van der Waals surface area contributed by atoms with E-state index in [-0.39, 0.29) is 22.9 Å². The van der Waals surface area contributed by atoms with Crippen LogP contribution in [-0.2, 0) is 17.0 Å². The maximum Gasteiger partial charge on any atom is 0.268 e. The number of benzene rings is 1. The molecule has 9 heteroatoms. The van der Waals surface area contributed by atoms with E-state index in [2.05, 4.69) is 19.9 Å². The van der Waals surface area contributed by atoms with Gasteiger partial charge >= 0.3 is 0 Å². The number of aromatic nitrogens is 3. The van der Waals surface area contributed by atoms with Crippen LogP contribution in [0.2, 0.25) is 0 Å². The molecule has 1 aliphatic heterocycles. The molecular weight excluding hydrogens is 390 g/mol. The van der Waals surface area contributed by atoms with Crippen molar-refractivity contribution in [1.82, 2.24) is 19.9 Å². The maximum absolute atomic E-state index is 15.1. The van der Waals surface area contributed by atoms with Crippen LogP contribution in [0.1, 0.15) is 22.8 Å². The fourth-order valence-corrected chi connectivity index (χ4v) is 3.40. The Morgan fingerprint density at radius 3 is 2.50 bits per heavy atom. The molecule has 1 atom stereocenters. The highest BCUT2D eigenvalue weighted by Crippen LogP contribution is 2.41. The molecule has 1 amide bonds. The summed E-state index contributed by atoms with van der Waals surface area (Å²) < 4.78 is 28.4. The predicted molar refractivity (Wildman–Crippen MR) is 106 cm³/mol. The van der Waals surface area contributed by atoms with Crippen LogP contribution < -0.4 is 5.73 Å². The van der Waals surface area contributed by atoms with Gasteiger partial charge in [0.25, 0.3) is 5.91 Å². The van der Waals surface area contributed by atoms with Gasteiger partial charge in [-0.05, 0) is 36.8 Å². The number of hydrogen-bond donors (Lipinski definition) is 1. The second kappa shape index (κ2) is 7.25. The summed E-state index contributed by atoms with van der Waals surface area (Å²) in [5.41, 5.74) is 5.43. The summed E-state index contributed by atoms with van der Waals surface area (Å²) in [7, 11) is 1.44. The van der Waals surface area contributed by atoms with Gasteiger partial charge in [-0.3, -0.25) is 14.7 Å². The lowest BCUT2D eigenvalue weighted by molar-refractivity contribution is -0.129. The Morgan fingerprint density at radius 2 is 1.87 bits per heavy atom. The number of carbonyl (C=O) groups is 1. The topological polar surface area (TPSA) is 97.4 Å². The third kappa shape index (κ3) is 2.99. The number of carbonyl (C=O) groups excluding carboxylic acids is 1. The van der Waals surface area contributed by atoms with Crippen LogP contribution >= 0.6 is 0 Å². The highest BCUT2D eigenvalue weighted by atomic mass is 19.1. The van der Waals surface area contributed by atoms with Crippen molar-refractivity contribution in [3.8, 4) is 11.1 Å². The molecule has 30 heavy (non-hydrogen) atoms. The average Bonchev–Trinajstić information content (AvgIpc) is 2.99. The largest absolute Gasteiger partial charge is 0.369 e. The van der Waals surface area contributed by atoms with Crippen molar-refractivity contribution >= 4 is 11.9 Å². The molecule has 2 aromatic heterocycles.